The molecule has 0 bridgehead atoms. The van der Waals surface area contributed by atoms with Crippen LogP contribution in [0.15, 0.2) is 58.1 Å². The highest BCUT2D eigenvalue weighted by Gasteiger charge is 2.14. The number of halogens is 1. The lowest BCUT2D eigenvalue weighted by Gasteiger charge is -2.02. The number of nitrogens with zero attached hydrogens (tertiary/aromatic N) is 1. The average Bonchev–Trinajstić information content (AvgIpc) is 3.26. The maximum absolute atomic E-state index is 14.3. The van der Waals surface area contributed by atoms with Gasteiger partial charge in [-0.05, 0) is 40.6 Å². The number of carbonyl (C=O) groups excluding carboxylic acids is 1. The third-order valence-electron chi connectivity index (χ3n) is 3.25. The fourth-order valence-corrected chi connectivity index (χ4v) is 3.45. The first-order chi connectivity index (χ1) is 11.2. The summed E-state index contributed by atoms with van der Waals surface area (Å²) in [6, 6.07) is 12.1. The van der Waals surface area contributed by atoms with E-state index in [4.69, 9.17) is 0 Å². The Morgan fingerprint density at radius 1 is 1.22 bits per heavy atom. The molecule has 0 saturated carbocycles. The second-order valence-electron chi connectivity index (χ2n) is 4.72. The zero-order valence-corrected chi connectivity index (χ0v) is 13.5. The number of hydrogen-bond donors (Lipinski definition) is 0. The quantitative estimate of drug-likeness (QED) is 0.362. The van der Waals surface area contributed by atoms with Crippen molar-refractivity contribution in [2.24, 2.45) is 0 Å². The minimum absolute atomic E-state index is 0.0776. The largest absolute Gasteiger partial charge is 0.288 e. The number of carbonyl (C=O) groups is 1. The Labute approximate surface area is 140 Å². The first-order valence-electron chi connectivity index (χ1n) is 6.71. The molecule has 0 unspecified atom stereocenters. The fraction of sp³-hybridized carbons (Fsp3) is 0. The molecule has 2 heterocycles. The molecule has 3 aromatic rings. The number of rotatable bonds is 4. The van der Waals surface area contributed by atoms with E-state index in [1.807, 2.05) is 23.6 Å². The monoisotopic (exact) mass is 339 g/mol. The van der Waals surface area contributed by atoms with Crippen molar-refractivity contribution >= 4 is 34.5 Å². The molecule has 112 valence electrons. The van der Waals surface area contributed by atoms with Gasteiger partial charge in [0.1, 0.15) is 17.5 Å². The molecule has 2 nitrogen and oxygen atoms in total. The molecule has 5 heteroatoms. The fourth-order valence-electron chi connectivity index (χ4n) is 2.09. The number of hydrogen-bond acceptors (Lipinski definition) is 4. The highest BCUT2D eigenvalue weighted by Crippen LogP contribution is 2.27. The van der Waals surface area contributed by atoms with E-state index in [2.05, 4.69) is 0 Å². The Morgan fingerprint density at radius 2 is 2.09 bits per heavy atom. The summed E-state index contributed by atoms with van der Waals surface area (Å²) in [6.07, 6.45) is 1.30. The second-order valence-corrected chi connectivity index (χ2v) is 6.45. The average molecular weight is 339 g/mol. The van der Waals surface area contributed by atoms with Crippen LogP contribution in [0.5, 0.6) is 0 Å². The van der Waals surface area contributed by atoms with Crippen molar-refractivity contribution in [1.82, 2.24) is 0 Å². The Morgan fingerprint density at radius 3 is 2.70 bits per heavy atom. The molecule has 0 spiro atoms. The van der Waals surface area contributed by atoms with Crippen LogP contribution in [0.2, 0.25) is 0 Å². The van der Waals surface area contributed by atoms with E-state index in [-0.39, 0.29) is 11.1 Å². The predicted octanol–water partition coefficient (Wildman–Crippen LogP) is 5.41. The lowest BCUT2D eigenvalue weighted by Crippen LogP contribution is -2.00. The minimum atomic E-state index is -0.457. The van der Waals surface area contributed by atoms with Crippen LogP contribution in [0.1, 0.15) is 15.9 Å². The second kappa shape index (κ2) is 6.69. The molecule has 0 amide bonds. The van der Waals surface area contributed by atoms with E-state index in [9.17, 15) is 14.4 Å². The Bertz CT molecular complexity index is 903. The maximum atomic E-state index is 14.3. The van der Waals surface area contributed by atoms with Crippen LogP contribution in [0.25, 0.3) is 16.5 Å². The van der Waals surface area contributed by atoms with Crippen molar-refractivity contribution in [3.8, 4) is 16.5 Å². The summed E-state index contributed by atoms with van der Waals surface area (Å²) in [7, 11) is 0. The molecule has 2 aromatic heterocycles. The van der Waals surface area contributed by atoms with E-state index < -0.39 is 11.6 Å². The van der Waals surface area contributed by atoms with Gasteiger partial charge in [0, 0.05) is 21.4 Å². The number of benzene rings is 1. The lowest BCUT2D eigenvalue weighted by atomic mass is 10.0. The maximum Gasteiger partial charge on any atom is 0.204 e. The van der Waals surface area contributed by atoms with Crippen LogP contribution < -0.4 is 0 Å². The molecule has 0 radical (unpaired) electrons. The number of thiophene rings is 2. The Hall–Kier alpha value is -2.55. The summed E-state index contributed by atoms with van der Waals surface area (Å²) in [5, 5.41) is 14.6. The van der Waals surface area contributed by atoms with Gasteiger partial charge in [-0.15, -0.1) is 11.3 Å². The molecule has 0 atom stereocenters. The van der Waals surface area contributed by atoms with E-state index >= 15 is 0 Å². The third kappa shape index (κ3) is 3.29. The van der Waals surface area contributed by atoms with E-state index in [1.165, 1.54) is 34.8 Å². The van der Waals surface area contributed by atoms with Crippen LogP contribution in [0, 0.1) is 17.1 Å². The third-order valence-corrected chi connectivity index (χ3v) is 4.86. The normalized spacial score (nSPS) is 11.2. The van der Waals surface area contributed by atoms with Gasteiger partial charge in [-0.25, -0.2) is 4.39 Å². The molecule has 0 N–H and O–H groups in total. The van der Waals surface area contributed by atoms with Crippen LogP contribution >= 0.6 is 22.7 Å². The van der Waals surface area contributed by atoms with Gasteiger partial charge in [0.25, 0.3) is 0 Å². The van der Waals surface area contributed by atoms with Gasteiger partial charge in [0.2, 0.25) is 5.78 Å². The first-order valence-corrected chi connectivity index (χ1v) is 8.53. The number of allylic oxidation sites excluding steroid dienone is 1. The van der Waals surface area contributed by atoms with E-state index in [0.29, 0.717) is 5.56 Å². The van der Waals surface area contributed by atoms with Gasteiger partial charge < -0.3 is 0 Å². The molecule has 0 aliphatic carbocycles. The van der Waals surface area contributed by atoms with Gasteiger partial charge in [-0.2, -0.15) is 16.6 Å². The summed E-state index contributed by atoms with van der Waals surface area (Å²) in [5.41, 5.74) is 1.37. The van der Waals surface area contributed by atoms with Crippen molar-refractivity contribution in [2.75, 3.05) is 0 Å². The van der Waals surface area contributed by atoms with E-state index in [0.717, 1.165) is 10.4 Å². The highest BCUT2D eigenvalue weighted by molar-refractivity contribution is 7.13. The van der Waals surface area contributed by atoms with E-state index in [1.54, 1.807) is 29.0 Å². The zero-order chi connectivity index (χ0) is 16.2. The van der Waals surface area contributed by atoms with Crippen molar-refractivity contribution in [3.63, 3.8) is 0 Å². The van der Waals surface area contributed by atoms with Crippen molar-refractivity contribution in [3.05, 3.63) is 75.1 Å². The molecule has 0 saturated heterocycles. The molecule has 1 aromatic carbocycles. The summed E-state index contributed by atoms with van der Waals surface area (Å²) in [4.78, 5) is 13.2. The van der Waals surface area contributed by atoms with Gasteiger partial charge >= 0.3 is 0 Å². The molecule has 3 rings (SSSR count). The summed E-state index contributed by atoms with van der Waals surface area (Å²) in [6.45, 7) is 0. The zero-order valence-electron chi connectivity index (χ0n) is 11.8. The van der Waals surface area contributed by atoms with Gasteiger partial charge in [0.15, 0.2) is 0 Å². The van der Waals surface area contributed by atoms with Crippen LogP contribution in [0.4, 0.5) is 4.39 Å². The van der Waals surface area contributed by atoms with Crippen molar-refractivity contribution in [2.45, 2.75) is 0 Å². The molecule has 0 aliphatic heterocycles. The summed E-state index contributed by atoms with van der Waals surface area (Å²) < 4.78 is 14.3. The standard InChI is InChI=1S/C18H10FNOS2/c19-16-9-13(17-2-1-6-23-17)4-3-12(16)8-15(10-20)18(21)14-5-7-22-11-14/h1-9,11H/b15-8-. The van der Waals surface area contributed by atoms with Gasteiger partial charge in [-0.1, -0.05) is 18.2 Å². The summed E-state index contributed by atoms with van der Waals surface area (Å²) >= 11 is 2.90. The molecule has 23 heavy (non-hydrogen) atoms. The van der Waals surface area contributed by atoms with Gasteiger partial charge in [0.05, 0.1) is 0 Å². The Kier molecular flexibility index (Phi) is 4.47. The highest BCUT2D eigenvalue weighted by atomic mass is 32.1. The van der Waals surface area contributed by atoms with Crippen LogP contribution in [0.3, 0.4) is 0 Å². The topological polar surface area (TPSA) is 40.9 Å². The molecular formula is C18H10FNOS2. The van der Waals surface area contributed by atoms with Crippen LogP contribution in [-0.2, 0) is 0 Å². The summed E-state index contributed by atoms with van der Waals surface area (Å²) in [5.74, 6) is -0.850. The number of nitriles is 1. The minimum Gasteiger partial charge on any atom is -0.288 e. The molecular weight excluding hydrogens is 329 g/mol. The Balaban J connectivity index is 1.95. The van der Waals surface area contributed by atoms with Crippen molar-refractivity contribution in [1.29, 1.82) is 5.26 Å². The lowest BCUT2D eigenvalue weighted by molar-refractivity contribution is 0.104. The number of ketones is 1. The van der Waals surface area contributed by atoms with Gasteiger partial charge in [-0.3, -0.25) is 4.79 Å². The van der Waals surface area contributed by atoms with Crippen molar-refractivity contribution < 1.29 is 9.18 Å². The number of Topliss-reactive ketones (excluding diaryl/α,β-unsaturated/α-hetero) is 1. The van der Waals surface area contributed by atoms with Crippen LogP contribution in [-0.4, -0.2) is 5.78 Å². The smallest absolute Gasteiger partial charge is 0.204 e. The first kappa shape index (κ1) is 15.3. The SMILES string of the molecule is N#C/C(=C/c1ccc(-c2cccs2)cc1F)C(=O)c1ccsc1. The molecule has 0 fully saturated rings. The molecule has 0 aliphatic rings. The predicted molar refractivity (Wildman–Crippen MR) is 92.0 cm³/mol.